The highest BCUT2D eigenvalue weighted by Gasteiger charge is 2.32. The fourth-order valence-corrected chi connectivity index (χ4v) is 4.27. The van der Waals surface area contributed by atoms with Gasteiger partial charge in [0.05, 0.1) is 0 Å². The molecule has 31 heavy (non-hydrogen) atoms. The first-order chi connectivity index (χ1) is 14.7. The van der Waals surface area contributed by atoms with E-state index in [2.05, 4.69) is 23.4 Å². The van der Waals surface area contributed by atoms with E-state index in [1.807, 2.05) is 37.1 Å². The Kier molecular flexibility index (Phi) is 7.65. The number of imidazole rings is 1. The summed E-state index contributed by atoms with van der Waals surface area (Å²) in [6, 6.07) is 3.79. The zero-order valence-electron chi connectivity index (χ0n) is 19.0. The average Bonchev–Trinajstić information content (AvgIpc) is 3.11. The van der Waals surface area contributed by atoms with Crippen LogP contribution >= 0.6 is 11.6 Å². The summed E-state index contributed by atoms with van der Waals surface area (Å²) in [6.07, 6.45) is 6.03. The number of likely N-dealkylation sites (tertiary alicyclic amines) is 1. The number of benzene rings is 1. The topological polar surface area (TPSA) is 67.6 Å². The van der Waals surface area contributed by atoms with Gasteiger partial charge in [0.1, 0.15) is 23.8 Å². The van der Waals surface area contributed by atoms with Crippen molar-refractivity contribution in [3.63, 3.8) is 0 Å². The molecule has 2 heterocycles. The molecule has 1 atom stereocenters. The molecular weight excluding hydrogens is 414 g/mol. The Morgan fingerprint density at radius 3 is 2.65 bits per heavy atom. The maximum Gasteiger partial charge on any atom is 0.224 e. The van der Waals surface area contributed by atoms with E-state index in [0.29, 0.717) is 50.6 Å². The quantitative estimate of drug-likeness (QED) is 0.679. The monoisotopic (exact) mass is 447 g/mol. The van der Waals surface area contributed by atoms with Gasteiger partial charge in [0.2, 0.25) is 5.91 Å². The zero-order valence-corrected chi connectivity index (χ0v) is 19.8. The second-order valence-electron chi connectivity index (χ2n) is 9.00. The van der Waals surface area contributed by atoms with Crippen molar-refractivity contribution in [2.75, 3.05) is 19.7 Å². The van der Waals surface area contributed by atoms with Gasteiger partial charge in [0.15, 0.2) is 0 Å². The van der Waals surface area contributed by atoms with Gasteiger partial charge in [-0.05, 0) is 56.4 Å². The van der Waals surface area contributed by atoms with Crippen LogP contribution in [0.4, 0.5) is 0 Å². The van der Waals surface area contributed by atoms with E-state index >= 15 is 0 Å². The normalized spacial score (nSPS) is 19.5. The Labute approximate surface area is 190 Å². The molecule has 6 nitrogen and oxygen atoms in total. The molecule has 1 aliphatic rings. The van der Waals surface area contributed by atoms with Crippen molar-refractivity contribution >= 4 is 17.5 Å². The van der Waals surface area contributed by atoms with Crippen LogP contribution in [-0.2, 0) is 11.3 Å². The fraction of sp³-hybridized carbons (Fsp3) is 0.583. The van der Waals surface area contributed by atoms with E-state index in [-0.39, 0.29) is 12.5 Å². The summed E-state index contributed by atoms with van der Waals surface area (Å²) in [6.45, 7) is 10.1. The lowest BCUT2D eigenvalue weighted by Gasteiger charge is -2.27. The van der Waals surface area contributed by atoms with Crippen molar-refractivity contribution in [3.8, 4) is 5.75 Å². The minimum atomic E-state index is -0.939. The molecule has 7 heteroatoms. The number of ether oxygens (including phenoxy) is 1. The summed E-state index contributed by atoms with van der Waals surface area (Å²) >= 11 is 6.23. The van der Waals surface area contributed by atoms with Gasteiger partial charge in [-0.15, -0.1) is 0 Å². The first kappa shape index (κ1) is 23.6. The zero-order chi connectivity index (χ0) is 22.6. The molecule has 0 saturated carbocycles. The van der Waals surface area contributed by atoms with Crippen LogP contribution in [0, 0.1) is 13.8 Å². The number of halogens is 1. The summed E-state index contributed by atoms with van der Waals surface area (Å²) < 4.78 is 7.98. The lowest BCUT2D eigenvalue weighted by atomic mass is 9.96. The lowest BCUT2D eigenvalue weighted by molar-refractivity contribution is -0.131. The Bertz CT molecular complexity index is 888. The Balaban J connectivity index is 1.53. The smallest absolute Gasteiger partial charge is 0.224 e. The van der Waals surface area contributed by atoms with Gasteiger partial charge in [-0.25, -0.2) is 4.98 Å². The third kappa shape index (κ3) is 6.01. The number of carbonyl (C=O) groups excluding carboxylic acids is 1. The molecule has 3 rings (SSSR count). The first-order valence-corrected chi connectivity index (χ1v) is 11.5. The lowest BCUT2D eigenvalue weighted by Crippen LogP contribution is -2.38. The second kappa shape index (κ2) is 10.0. The molecule has 1 saturated heterocycles. The van der Waals surface area contributed by atoms with E-state index in [9.17, 15) is 9.90 Å². The van der Waals surface area contributed by atoms with Crippen LogP contribution in [0.1, 0.15) is 62.4 Å². The summed E-state index contributed by atoms with van der Waals surface area (Å²) in [4.78, 5) is 19.1. The number of aromatic nitrogens is 2. The highest BCUT2D eigenvalue weighted by atomic mass is 35.5. The molecule has 0 spiro atoms. The molecule has 0 bridgehead atoms. The molecule has 0 radical (unpaired) electrons. The minimum Gasteiger partial charge on any atom is -0.491 e. The summed E-state index contributed by atoms with van der Waals surface area (Å²) in [5, 5.41) is 11.8. The van der Waals surface area contributed by atoms with Crippen molar-refractivity contribution < 1.29 is 14.6 Å². The van der Waals surface area contributed by atoms with Crippen molar-refractivity contribution in [3.05, 3.63) is 46.5 Å². The fourth-order valence-electron chi connectivity index (χ4n) is 4.16. The maximum absolute atomic E-state index is 12.8. The maximum atomic E-state index is 12.8. The number of hydrogen-bond acceptors (Lipinski definition) is 4. The predicted molar refractivity (Wildman–Crippen MR) is 123 cm³/mol. The summed E-state index contributed by atoms with van der Waals surface area (Å²) in [7, 11) is 0. The summed E-state index contributed by atoms with van der Waals surface area (Å²) in [5.41, 5.74) is 0.977. The van der Waals surface area contributed by atoms with E-state index in [1.165, 1.54) is 0 Å². The third-order valence-corrected chi connectivity index (χ3v) is 6.61. The van der Waals surface area contributed by atoms with Crippen LogP contribution in [0.2, 0.25) is 5.02 Å². The number of hydrogen-bond donors (Lipinski definition) is 1. The standard InChI is InChI=1S/C24H34ClN3O3/c1-17(2)23-26-9-13-28(23)11-6-21(29)27-10-5-7-24(30,8-12-27)16-31-20-14-18(3)22(25)19(4)15-20/h9,13-15,17,30H,5-8,10-12,16H2,1-4H3. The first-order valence-electron chi connectivity index (χ1n) is 11.1. The summed E-state index contributed by atoms with van der Waals surface area (Å²) in [5.74, 6) is 2.16. The molecule has 1 amide bonds. The molecule has 1 N–H and O–H groups in total. The van der Waals surface area contributed by atoms with Gasteiger partial charge in [-0.3, -0.25) is 4.79 Å². The van der Waals surface area contributed by atoms with Crippen LogP contribution in [0.15, 0.2) is 24.5 Å². The van der Waals surface area contributed by atoms with Gasteiger partial charge in [-0.1, -0.05) is 25.4 Å². The highest BCUT2D eigenvalue weighted by Crippen LogP contribution is 2.28. The molecule has 1 aromatic carbocycles. The Hall–Kier alpha value is -2.05. The van der Waals surface area contributed by atoms with E-state index in [4.69, 9.17) is 16.3 Å². The average molecular weight is 448 g/mol. The molecule has 170 valence electrons. The Morgan fingerprint density at radius 1 is 1.26 bits per heavy atom. The van der Waals surface area contributed by atoms with Crippen LogP contribution in [0.3, 0.4) is 0 Å². The van der Waals surface area contributed by atoms with E-state index < -0.39 is 5.60 Å². The molecule has 1 unspecified atom stereocenters. The second-order valence-corrected chi connectivity index (χ2v) is 9.38. The van der Waals surface area contributed by atoms with Crippen LogP contribution in [-0.4, -0.2) is 50.8 Å². The highest BCUT2D eigenvalue weighted by molar-refractivity contribution is 6.32. The van der Waals surface area contributed by atoms with Crippen LogP contribution in [0.25, 0.3) is 0 Å². The number of aryl methyl sites for hydroxylation is 3. The third-order valence-electron chi connectivity index (χ3n) is 6.02. The van der Waals surface area contributed by atoms with Crippen molar-refractivity contribution in [2.24, 2.45) is 0 Å². The molecule has 1 aromatic heterocycles. The van der Waals surface area contributed by atoms with Crippen molar-refractivity contribution in [1.29, 1.82) is 0 Å². The number of amides is 1. The van der Waals surface area contributed by atoms with E-state index in [1.54, 1.807) is 6.20 Å². The molecule has 2 aromatic rings. The number of carbonyl (C=O) groups is 1. The van der Waals surface area contributed by atoms with Gasteiger partial charge >= 0.3 is 0 Å². The number of rotatable bonds is 7. The molecule has 1 aliphatic heterocycles. The minimum absolute atomic E-state index is 0.123. The van der Waals surface area contributed by atoms with Gasteiger partial charge in [-0.2, -0.15) is 0 Å². The predicted octanol–water partition coefficient (Wildman–Crippen LogP) is 4.49. The molecule has 0 aliphatic carbocycles. The van der Waals surface area contributed by atoms with Crippen LogP contribution < -0.4 is 4.74 Å². The Morgan fingerprint density at radius 2 is 1.97 bits per heavy atom. The van der Waals surface area contributed by atoms with Crippen LogP contribution in [0.5, 0.6) is 5.75 Å². The van der Waals surface area contributed by atoms with Gasteiger partial charge < -0.3 is 19.3 Å². The number of nitrogens with zero attached hydrogens (tertiary/aromatic N) is 3. The largest absolute Gasteiger partial charge is 0.491 e. The van der Waals surface area contributed by atoms with E-state index in [0.717, 1.165) is 28.4 Å². The molecule has 1 fully saturated rings. The van der Waals surface area contributed by atoms with Crippen molar-refractivity contribution in [1.82, 2.24) is 14.5 Å². The number of aliphatic hydroxyl groups is 1. The molecular formula is C24H34ClN3O3. The van der Waals surface area contributed by atoms with Gasteiger partial charge in [0, 0.05) is 49.4 Å². The van der Waals surface area contributed by atoms with Crippen molar-refractivity contribution in [2.45, 2.75) is 71.4 Å². The van der Waals surface area contributed by atoms with Gasteiger partial charge in [0.25, 0.3) is 0 Å². The SMILES string of the molecule is Cc1cc(OCC2(O)CCCN(C(=O)CCn3ccnc3C(C)C)CC2)cc(C)c1Cl.